The summed E-state index contributed by atoms with van der Waals surface area (Å²) in [5, 5.41) is 0.647. The average molecular weight is 311 g/mol. The van der Waals surface area contributed by atoms with Gasteiger partial charge < -0.3 is 15.4 Å². The topological polar surface area (TPSA) is 55.6 Å². The number of benzene rings is 1. The Bertz CT molecular complexity index is 481. The first-order valence-electron chi connectivity index (χ1n) is 7.45. The molecular weight excluding hydrogens is 288 g/mol. The van der Waals surface area contributed by atoms with E-state index in [0.29, 0.717) is 30.6 Å². The molecule has 1 aliphatic carbocycles. The highest BCUT2D eigenvalue weighted by molar-refractivity contribution is 6.30. The lowest BCUT2D eigenvalue weighted by molar-refractivity contribution is -0.135. The number of amides is 1. The van der Waals surface area contributed by atoms with Crippen LogP contribution in [0.1, 0.15) is 19.3 Å². The van der Waals surface area contributed by atoms with Crippen molar-refractivity contribution in [1.29, 1.82) is 0 Å². The molecule has 0 spiro atoms. The van der Waals surface area contributed by atoms with E-state index in [1.165, 1.54) is 0 Å². The fourth-order valence-corrected chi connectivity index (χ4v) is 3.07. The number of halogens is 1. The molecule has 2 N–H and O–H groups in total. The molecule has 2 rings (SSSR count). The first kappa shape index (κ1) is 16.1. The van der Waals surface area contributed by atoms with Gasteiger partial charge in [-0.3, -0.25) is 4.79 Å². The maximum atomic E-state index is 12.4. The molecule has 1 aromatic carbocycles. The minimum absolute atomic E-state index is 0.0890. The lowest BCUT2D eigenvalue weighted by Gasteiger charge is -2.24. The van der Waals surface area contributed by atoms with Crippen molar-refractivity contribution in [3.8, 4) is 5.75 Å². The molecule has 0 bridgehead atoms. The highest BCUT2D eigenvalue weighted by Gasteiger charge is 2.33. The molecule has 116 valence electrons. The van der Waals surface area contributed by atoms with Gasteiger partial charge in [-0.1, -0.05) is 24.1 Å². The van der Waals surface area contributed by atoms with Crippen LogP contribution in [0.2, 0.25) is 5.02 Å². The predicted octanol–water partition coefficient (Wildman–Crippen LogP) is 2.55. The van der Waals surface area contributed by atoms with E-state index in [1.807, 2.05) is 19.2 Å². The van der Waals surface area contributed by atoms with Gasteiger partial charge in [-0.25, -0.2) is 0 Å². The summed E-state index contributed by atoms with van der Waals surface area (Å²) in [6.45, 7) is 1.63. The van der Waals surface area contributed by atoms with Crippen LogP contribution in [0.4, 0.5) is 0 Å². The number of hydrogen-bond acceptors (Lipinski definition) is 3. The van der Waals surface area contributed by atoms with E-state index >= 15 is 0 Å². The van der Waals surface area contributed by atoms with E-state index < -0.39 is 0 Å². The van der Waals surface area contributed by atoms with Gasteiger partial charge in [0.15, 0.2) is 0 Å². The summed E-state index contributed by atoms with van der Waals surface area (Å²) in [5.74, 6) is 1.35. The number of rotatable bonds is 6. The molecule has 0 heterocycles. The Labute approximate surface area is 131 Å². The number of carbonyl (C=O) groups is 1. The summed E-state index contributed by atoms with van der Waals surface area (Å²) >= 11 is 5.90. The van der Waals surface area contributed by atoms with Crippen molar-refractivity contribution in [3.05, 3.63) is 29.3 Å². The Morgan fingerprint density at radius 3 is 3.00 bits per heavy atom. The van der Waals surface area contributed by atoms with Gasteiger partial charge in [0.25, 0.3) is 0 Å². The van der Waals surface area contributed by atoms with Crippen LogP contribution < -0.4 is 10.5 Å². The summed E-state index contributed by atoms with van der Waals surface area (Å²) < 4.78 is 5.62. The molecular formula is C16H23ClN2O2. The van der Waals surface area contributed by atoms with E-state index in [1.54, 1.807) is 17.0 Å². The van der Waals surface area contributed by atoms with Gasteiger partial charge in [0.05, 0.1) is 6.54 Å². The molecule has 0 radical (unpaired) electrons. The van der Waals surface area contributed by atoms with Crippen LogP contribution in [0, 0.1) is 11.8 Å². The third kappa shape index (κ3) is 4.35. The minimum Gasteiger partial charge on any atom is -0.492 e. The smallest absolute Gasteiger partial charge is 0.225 e. The van der Waals surface area contributed by atoms with E-state index in [0.717, 1.165) is 25.0 Å². The number of nitrogens with two attached hydrogens (primary N) is 1. The maximum absolute atomic E-state index is 12.4. The van der Waals surface area contributed by atoms with Gasteiger partial charge in [0.2, 0.25) is 5.91 Å². The van der Waals surface area contributed by atoms with Crippen molar-refractivity contribution in [2.45, 2.75) is 19.3 Å². The van der Waals surface area contributed by atoms with Crippen molar-refractivity contribution in [2.24, 2.45) is 17.6 Å². The molecule has 1 fully saturated rings. The van der Waals surface area contributed by atoms with Crippen molar-refractivity contribution < 1.29 is 9.53 Å². The molecule has 2 unspecified atom stereocenters. The summed E-state index contributed by atoms with van der Waals surface area (Å²) in [4.78, 5) is 14.2. The molecule has 1 aliphatic rings. The normalized spacial score (nSPS) is 21.3. The predicted molar refractivity (Wildman–Crippen MR) is 84.5 cm³/mol. The molecule has 0 saturated heterocycles. The maximum Gasteiger partial charge on any atom is 0.225 e. The average Bonchev–Trinajstić information content (AvgIpc) is 2.94. The Morgan fingerprint density at radius 2 is 2.29 bits per heavy atom. The number of ether oxygens (including phenoxy) is 1. The van der Waals surface area contributed by atoms with Gasteiger partial charge in [0.1, 0.15) is 12.4 Å². The van der Waals surface area contributed by atoms with Gasteiger partial charge in [-0.15, -0.1) is 0 Å². The number of carbonyl (C=O) groups excluding carboxylic acids is 1. The van der Waals surface area contributed by atoms with Gasteiger partial charge in [-0.05, 0) is 43.5 Å². The molecule has 4 nitrogen and oxygen atoms in total. The second-order valence-electron chi connectivity index (χ2n) is 5.60. The highest BCUT2D eigenvalue weighted by Crippen LogP contribution is 2.32. The zero-order valence-electron chi connectivity index (χ0n) is 12.4. The van der Waals surface area contributed by atoms with Crippen molar-refractivity contribution >= 4 is 17.5 Å². The zero-order valence-corrected chi connectivity index (χ0v) is 13.2. The number of likely N-dealkylation sites (N-methyl/N-ethyl adjacent to an activating group) is 1. The fourth-order valence-electron chi connectivity index (χ4n) is 2.89. The number of nitrogens with zero attached hydrogens (tertiary/aromatic N) is 1. The largest absolute Gasteiger partial charge is 0.492 e. The van der Waals surface area contributed by atoms with Crippen LogP contribution in [0.25, 0.3) is 0 Å². The van der Waals surface area contributed by atoms with Crippen molar-refractivity contribution in [3.63, 3.8) is 0 Å². The summed E-state index contributed by atoms with van der Waals surface area (Å²) in [5.41, 5.74) is 5.74. The summed E-state index contributed by atoms with van der Waals surface area (Å²) in [6, 6.07) is 7.27. The Morgan fingerprint density at radius 1 is 1.48 bits per heavy atom. The molecule has 5 heteroatoms. The number of hydrogen-bond donors (Lipinski definition) is 1. The fraction of sp³-hybridized carbons (Fsp3) is 0.562. The van der Waals surface area contributed by atoms with E-state index in [-0.39, 0.29) is 11.8 Å². The van der Waals surface area contributed by atoms with Crippen LogP contribution in [0.3, 0.4) is 0 Å². The minimum atomic E-state index is 0.0890. The quantitative estimate of drug-likeness (QED) is 0.878. The molecule has 21 heavy (non-hydrogen) atoms. The van der Waals surface area contributed by atoms with Crippen LogP contribution in [-0.4, -0.2) is 37.6 Å². The van der Waals surface area contributed by atoms with Crippen LogP contribution in [-0.2, 0) is 4.79 Å². The van der Waals surface area contributed by atoms with Gasteiger partial charge >= 0.3 is 0 Å². The monoisotopic (exact) mass is 310 g/mol. The van der Waals surface area contributed by atoms with Crippen molar-refractivity contribution in [2.75, 3.05) is 26.7 Å². The van der Waals surface area contributed by atoms with E-state index in [9.17, 15) is 4.79 Å². The van der Waals surface area contributed by atoms with Crippen LogP contribution in [0.15, 0.2) is 24.3 Å². The first-order valence-corrected chi connectivity index (χ1v) is 7.83. The third-order valence-electron chi connectivity index (χ3n) is 4.15. The molecule has 2 atom stereocenters. The standard InChI is InChI=1S/C16H23ClN2O2/c1-19(16(20)15-7-2-4-12(15)11-18)8-9-21-14-6-3-5-13(17)10-14/h3,5-6,10,12,15H,2,4,7-9,11,18H2,1H3. The highest BCUT2D eigenvalue weighted by atomic mass is 35.5. The molecule has 0 aliphatic heterocycles. The van der Waals surface area contributed by atoms with E-state index in [2.05, 4.69) is 0 Å². The molecule has 1 amide bonds. The lowest BCUT2D eigenvalue weighted by Crippen LogP contribution is -2.38. The van der Waals surface area contributed by atoms with Crippen molar-refractivity contribution in [1.82, 2.24) is 4.90 Å². The Balaban J connectivity index is 1.79. The molecule has 0 aromatic heterocycles. The zero-order chi connectivity index (χ0) is 15.2. The Kier molecular flexibility index (Phi) is 5.88. The second-order valence-corrected chi connectivity index (χ2v) is 6.04. The third-order valence-corrected chi connectivity index (χ3v) is 4.38. The SMILES string of the molecule is CN(CCOc1cccc(Cl)c1)C(=O)C1CCCC1CN. The lowest BCUT2D eigenvalue weighted by atomic mass is 9.95. The molecule has 1 aromatic rings. The Hall–Kier alpha value is -1.26. The second kappa shape index (κ2) is 7.66. The van der Waals surface area contributed by atoms with Crippen LogP contribution in [0.5, 0.6) is 5.75 Å². The summed E-state index contributed by atoms with van der Waals surface area (Å²) in [7, 11) is 1.83. The van der Waals surface area contributed by atoms with Gasteiger partial charge in [-0.2, -0.15) is 0 Å². The van der Waals surface area contributed by atoms with Gasteiger partial charge in [0, 0.05) is 18.0 Å². The summed E-state index contributed by atoms with van der Waals surface area (Å²) in [6.07, 6.45) is 3.13. The first-order chi connectivity index (χ1) is 10.1. The molecule has 1 saturated carbocycles. The van der Waals surface area contributed by atoms with Crippen LogP contribution >= 0.6 is 11.6 Å². The van der Waals surface area contributed by atoms with E-state index in [4.69, 9.17) is 22.1 Å².